The fourth-order valence-corrected chi connectivity index (χ4v) is 2.33. The first-order valence-corrected chi connectivity index (χ1v) is 6.82. The van der Waals surface area contributed by atoms with Crippen molar-refractivity contribution in [3.63, 3.8) is 0 Å². The Morgan fingerprint density at radius 2 is 2.35 bits per heavy atom. The minimum atomic E-state index is -1.34. The molecule has 0 bridgehead atoms. The maximum Gasteiger partial charge on any atom is 0.229 e. The third-order valence-corrected chi connectivity index (χ3v) is 3.52. The fraction of sp³-hybridized carbons (Fsp3) is 0.0833. The molecule has 2 aromatic rings. The van der Waals surface area contributed by atoms with E-state index in [4.69, 9.17) is 16.3 Å². The molecule has 0 saturated carbocycles. The quantitative estimate of drug-likeness (QED) is 0.826. The van der Waals surface area contributed by atoms with Gasteiger partial charge in [0.05, 0.1) is 11.1 Å². The van der Waals surface area contributed by atoms with Crippen LogP contribution in [0.2, 0.25) is 5.02 Å². The van der Waals surface area contributed by atoms with Crippen LogP contribution in [0.25, 0.3) is 0 Å². The molecule has 0 amide bonds. The zero-order valence-electron chi connectivity index (χ0n) is 9.91. The number of aliphatic hydroxyl groups excluding tert-OH is 1. The van der Waals surface area contributed by atoms with Crippen LogP contribution in [0.3, 0.4) is 0 Å². The van der Waals surface area contributed by atoms with Crippen LogP contribution in [0, 0.1) is 0 Å². The van der Waals surface area contributed by atoms with E-state index in [1.807, 2.05) is 0 Å². The lowest BCUT2D eigenvalue weighted by Crippen LogP contribution is -2.30. The second kappa shape index (κ2) is 5.20. The number of nitrogens with zero attached hydrogens (tertiary/aromatic N) is 2. The first kappa shape index (κ1) is 13.0. The number of anilines is 1. The summed E-state index contributed by atoms with van der Waals surface area (Å²) >= 11 is 7.13. The van der Waals surface area contributed by atoms with E-state index < -0.39 is 6.29 Å². The number of halogens is 1. The van der Waals surface area contributed by atoms with E-state index in [2.05, 4.69) is 15.5 Å². The van der Waals surface area contributed by atoms with Crippen molar-refractivity contribution in [3.8, 4) is 5.75 Å². The van der Waals surface area contributed by atoms with Crippen molar-refractivity contribution in [1.29, 1.82) is 0 Å². The zero-order valence-corrected chi connectivity index (χ0v) is 11.5. The average molecular weight is 310 g/mol. The molecular formula is C12H8ClN3O3S. The third-order valence-electron chi connectivity index (χ3n) is 2.66. The van der Waals surface area contributed by atoms with Crippen LogP contribution in [0.5, 0.6) is 5.75 Å². The van der Waals surface area contributed by atoms with Crippen molar-refractivity contribution >= 4 is 33.9 Å². The second-order valence-corrected chi connectivity index (χ2v) is 5.20. The van der Waals surface area contributed by atoms with Gasteiger partial charge in [0.1, 0.15) is 11.3 Å². The number of nitrogens with one attached hydrogen (secondary N) is 1. The molecule has 0 fully saturated rings. The Balaban J connectivity index is 1.93. The summed E-state index contributed by atoms with van der Waals surface area (Å²) in [4.78, 5) is 12.3. The third kappa shape index (κ3) is 2.38. The van der Waals surface area contributed by atoms with Crippen LogP contribution in [-0.2, 0) is 0 Å². The smallest absolute Gasteiger partial charge is 0.229 e. The van der Waals surface area contributed by atoms with Crippen molar-refractivity contribution in [2.45, 2.75) is 6.29 Å². The molecule has 1 aliphatic rings. The first-order chi connectivity index (χ1) is 9.65. The number of carbonyl (C=O) groups excluding carboxylic acids is 1. The van der Waals surface area contributed by atoms with E-state index in [1.165, 1.54) is 23.6 Å². The van der Waals surface area contributed by atoms with Crippen LogP contribution >= 0.6 is 22.9 Å². The molecule has 0 spiro atoms. The van der Waals surface area contributed by atoms with Gasteiger partial charge in [-0.1, -0.05) is 22.9 Å². The van der Waals surface area contributed by atoms with Gasteiger partial charge < -0.3 is 15.2 Å². The van der Waals surface area contributed by atoms with Crippen LogP contribution in [0.1, 0.15) is 10.4 Å². The molecule has 1 aromatic heterocycles. The summed E-state index contributed by atoms with van der Waals surface area (Å²) in [6.07, 6.45) is 0.0220. The Bertz CT molecular complexity index is 687. The van der Waals surface area contributed by atoms with Crippen molar-refractivity contribution < 1.29 is 14.6 Å². The second-order valence-electron chi connectivity index (χ2n) is 3.93. The molecule has 6 nitrogen and oxygen atoms in total. The molecule has 1 atom stereocenters. The minimum absolute atomic E-state index is 0.0787. The van der Waals surface area contributed by atoms with Crippen LogP contribution in [-0.4, -0.2) is 27.4 Å². The molecule has 102 valence electrons. The molecule has 3 rings (SSSR count). The van der Waals surface area contributed by atoms with Gasteiger partial charge in [0.2, 0.25) is 17.2 Å². The van der Waals surface area contributed by atoms with E-state index >= 15 is 0 Å². The summed E-state index contributed by atoms with van der Waals surface area (Å²) in [5.41, 5.74) is 1.94. The van der Waals surface area contributed by atoms with E-state index in [1.54, 1.807) is 17.6 Å². The fourth-order valence-electron chi connectivity index (χ4n) is 1.75. The van der Waals surface area contributed by atoms with Gasteiger partial charge in [-0.3, -0.25) is 4.79 Å². The number of hydrogen-bond donors (Lipinski definition) is 2. The zero-order chi connectivity index (χ0) is 14.1. The van der Waals surface area contributed by atoms with E-state index in [0.29, 0.717) is 21.5 Å². The summed E-state index contributed by atoms with van der Waals surface area (Å²) in [5.74, 6) is -0.0433. The summed E-state index contributed by atoms with van der Waals surface area (Å²) < 4.78 is 5.27. The predicted molar refractivity (Wildman–Crippen MR) is 74.0 cm³/mol. The normalized spacial score (nSPS) is 19.6. The highest BCUT2D eigenvalue weighted by Gasteiger charge is 2.30. The maximum atomic E-state index is 12.3. The van der Waals surface area contributed by atoms with E-state index in [0.717, 1.165) is 0 Å². The lowest BCUT2D eigenvalue weighted by atomic mass is 10.00. The Morgan fingerprint density at radius 1 is 1.50 bits per heavy atom. The highest BCUT2D eigenvalue weighted by Crippen LogP contribution is 2.31. The van der Waals surface area contributed by atoms with Gasteiger partial charge in [-0.2, -0.15) is 0 Å². The number of aliphatic hydroxyl groups is 1. The molecule has 8 heteroatoms. The van der Waals surface area contributed by atoms with Gasteiger partial charge in [0, 0.05) is 11.2 Å². The van der Waals surface area contributed by atoms with Gasteiger partial charge in [0.15, 0.2) is 0 Å². The molecule has 1 aliphatic heterocycles. The Hall–Kier alpha value is -1.96. The summed E-state index contributed by atoms with van der Waals surface area (Å²) in [6.45, 7) is 0. The van der Waals surface area contributed by atoms with Gasteiger partial charge in [-0.05, 0) is 18.2 Å². The van der Waals surface area contributed by atoms with Crippen LogP contribution in [0.4, 0.5) is 5.13 Å². The average Bonchev–Trinajstić information content (AvgIpc) is 2.93. The maximum absolute atomic E-state index is 12.3. The van der Waals surface area contributed by atoms with Gasteiger partial charge in [-0.25, -0.2) is 0 Å². The molecule has 0 aliphatic carbocycles. The van der Waals surface area contributed by atoms with E-state index in [-0.39, 0.29) is 11.4 Å². The van der Waals surface area contributed by atoms with Crippen molar-refractivity contribution in [3.05, 3.63) is 46.1 Å². The number of rotatable bonds is 2. The first-order valence-electron chi connectivity index (χ1n) is 5.57. The number of ether oxygens (including phenoxy) is 1. The number of fused-ring (bicyclic) bond motifs is 1. The number of aromatic nitrogens is 2. The highest BCUT2D eigenvalue weighted by molar-refractivity contribution is 7.13. The molecular weight excluding hydrogens is 302 g/mol. The highest BCUT2D eigenvalue weighted by atomic mass is 35.5. The molecule has 0 radical (unpaired) electrons. The van der Waals surface area contributed by atoms with Crippen molar-refractivity contribution in [1.82, 2.24) is 10.2 Å². The predicted octanol–water partition coefficient (Wildman–Crippen LogP) is 2.08. The standard InChI is InChI=1S/C12H8ClN3O3S/c13-6-1-2-9-7(3-6)10(17)8(11(18)19-9)4-14-12-16-15-5-20-12/h1-5,11,18H,(H,14,16). The lowest BCUT2D eigenvalue weighted by Gasteiger charge is -2.23. The molecule has 2 heterocycles. The SMILES string of the molecule is O=C1C(=CNc2nncs2)C(O)Oc2ccc(Cl)cc21. The molecule has 1 aromatic carbocycles. The topological polar surface area (TPSA) is 84.3 Å². The summed E-state index contributed by atoms with van der Waals surface area (Å²) in [7, 11) is 0. The number of carbonyl (C=O) groups is 1. The van der Waals surface area contributed by atoms with E-state index in [9.17, 15) is 9.90 Å². The molecule has 0 saturated heterocycles. The van der Waals surface area contributed by atoms with Gasteiger partial charge >= 0.3 is 0 Å². The Morgan fingerprint density at radius 3 is 3.10 bits per heavy atom. The lowest BCUT2D eigenvalue weighted by molar-refractivity contribution is 0.00785. The largest absolute Gasteiger partial charge is 0.460 e. The number of Topliss-reactive ketones (excluding diaryl/α,β-unsaturated/α-hetero) is 1. The van der Waals surface area contributed by atoms with Crippen molar-refractivity contribution in [2.75, 3.05) is 5.32 Å². The van der Waals surface area contributed by atoms with Crippen LogP contribution < -0.4 is 10.1 Å². The minimum Gasteiger partial charge on any atom is -0.460 e. The number of ketones is 1. The van der Waals surface area contributed by atoms with Crippen molar-refractivity contribution in [2.24, 2.45) is 0 Å². The van der Waals surface area contributed by atoms with Gasteiger partial charge in [0.25, 0.3) is 0 Å². The molecule has 2 N–H and O–H groups in total. The van der Waals surface area contributed by atoms with Gasteiger partial charge in [-0.15, -0.1) is 10.2 Å². The number of hydrogen-bond acceptors (Lipinski definition) is 7. The Kier molecular flexibility index (Phi) is 3.39. The summed E-state index contributed by atoms with van der Waals surface area (Å²) in [6, 6.07) is 4.65. The summed E-state index contributed by atoms with van der Waals surface area (Å²) in [5, 5.41) is 21.0. The Labute approximate surface area is 122 Å². The number of benzene rings is 1. The van der Waals surface area contributed by atoms with Crippen LogP contribution in [0.15, 0.2) is 35.5 Å². The monoisotopic (exact) mass is 309 g/mol. The molecule has 20 heavy (non-hydrogen) atoms. The molecule has 1 unspecified atom stereocenters.